The van der Waals surface area contributed by atoms with Crippen LogP contribution in [0.2, 0.25) is 0 Å². The van der Waals surface area contributed by atoms with E-state index in [-0.39, 0.29) is 5.91 Å². The molecule has 1 aliphatic rings. The van der Waals surface area contributed by atoms with Gasteiger partial charge in [0.1, 0.15) is 11.5 Å². The maximum atomic E-state index is 12.6. The molecule has 1 aliphatic heterocycles. The van der Waals surface area contributed by atoms with Crippen LogP contribution in [-0.4, -0.2) is 42.1 Å². The molecule has 1 fully saturated rings. The summed E-state index contributed by atoms with van der Waals surface area (Å²) in [7, 11) is 1.61. The molecule has 1 unspecified atom stereocenters. The topological polar surface area (TPSA) is 63.7 Å². The Hall–Kier alpha value is -2.64. The van der Waals surface area contributed by atoms with Crippen LogP contribution in [0.3, 0.4) is 0 Å². The molecule has 31 heavy (non-hydrogen) atoms. The zero-order chi connectivity index (χ0) is 21.8. The van der Waals surface area contributed by atoms with E-state index in [1.807, 2.05) is 6.07 Å². The first kappa shape index (κ1) is 21.6. The number of piperidine rings is 1. The number of carbonyl (C=O) groups excluding carboxylic acids is 1. The predicted molar refractivity (Wildman–Crippen MR) is 125 cm³/mol. The summed E-state index contributed by atoms with van der Waals surface area (Å²) in [4.78, 5) is 19.7. The van der Waals surface area contributed by atoms with Gasteiger partial charge in [-0.3, -0.25) is 15.0 Å². The molecule has 0 bridgehead atoms. The van der Waals surface area contributed by atoms with Crippen molar-refractivity contribution in [3.05, 3.63) is 48.0 Å². The second-order valence-corrected chi connectivity index (χ2v) is 9.24. The Morgan fingerprint density at radius 3 is 2.61 bits per heavy atom. The Kier molecular flexibility index (Phi) is 6.73. The number of carbonyl (C=O) groups is 1. The minimum absolute atomic E-state index is 0.225. The third-order valence-corrected chi connectivity index (χ3v) is 6.64. The van der Waals surface area contributed by atoms with Gasteiger partial charge < -0.3 is 9.47 Å². The number of nitrogens with one attached hydrogen (secondary N) is 1. The van der Waals surface area contributed by atoms with E-state index in [9.17, 15) is 4.79 Å². The number of nitrogens with zero attached hydrogens (tertiary/aromatic N) is 2. The highest BCUT2D eigenvalue weighted by Crippen LogP contribution is 2.28. The predicted octanol–water partition coefficient (Wildman–Crippen LogP) is 4.94. The number of thiazole rings is 1. The van der Waals surface area contributed by atoms with E-state index < -0.39 is 6.10 Å². The first-order valence-electron chi connectivity index (χ1n) is 10.7. The van der Waals surface area contributed by atoms with E-state index >= 15 is 0 Å². The summed E-state index contributed by atoms with van der Waals surface area (Å²) in [5, 5.41) is 3.48. The normalized spacial score (nSPS) is 16.2. The lowest BCUT2D eigenvalue weighted by Crippen LogP contribution is -2.32. The quantitative estimate of drug-likeness (QED) is 0.565. The van der Waals surface area contributed by atoms with Crippen LogP contribution in [0.1, 0.15) is 32.3 Å². The maximum Gasteiger partial charge on any atom is 0.266 e. The van der Waals surface area contributed by atoms with E-state index in [0.717, 1.165) is 41.5 Å². The highest BCUT2D eigenvalue weighted by Gasteiger charge is 2.18. The number of hydrogen-bond acceptors (Lipinski definition) is 6. The van der Waals surface area contributed by atoms with Gasteiger partial charge in [-0.25, -0.2) is 4.98 Å². The van der Waals surface area contributed by atoms with E-state index in [4.69, 9.17) is 9.47 Å². The average Bonchev–Trinajstić information content (AvgIpc) is 3.17. The van der Waals surface area contributed by atoms with Gasteiger partial charge in [0.25, 0.3) is 5.91 Å². The van der Waals surface area contributed by atoms with Crippen LogP contribution >= 0.6 is 11.3 Å². The summed E-state index contributed by atoms with van der Waals surface area (Å²) in [5.74, 6) is 1.97. The van der Waals surface area contributed by atoms with Gasteiger partial charge in [-0.05, 0) is 80.7 Å². The third-order valence-electron chi connectivity index (χ3n) is 5.71. The van der Waals surface area contributed by atoms with Gasteiger partial charge in [-0.1, -0.05) is 24.3 Å². The SMILES string of the molecule is COc1ccc(OC(C)C(=O)Nc2nc3ccc(CN4CCC(C)CC4)cc3s2)cc1. The molecule has 0 aliphatic carbocycles. The fourth-order valence-electron chi connectivity index (χ4n) is 3.72. The van der Waals surface area contributed by atoms with Crippen molar-refractivity contribution in [2.45, 2.75) is 39.3 Å². The van der Waals surface area contributed by atoms with Gasteiger partial charge >= 0.3 is 0 Å². The van der Waals surface area contributed by atoms with Crippen LogP contribution < -0.4 is 14.8 Å². The van der Waals surface area contributed by atoms with Crippen LogP contribution in [0.4, 0.5) is 5.13 Å². The number of methoxy groups -OCH3 is 1. The highest BCUT2D eigenvalue weighted by atomic mass is 32.1. The molecule has 0 radical (unpaired) electrons. The van der Waals surface area contributed by atoms with Crippen LogP contribution in [-0.2, 0) is 11.3 Å². The number of likely N-dealkylation sites (tertiary alicyclic amines) is 1. The number of rotatable bonds is 7. The molecular weight excluding hydrogens is 410 g/mol. The summed E-state index contributed by atoms with van der Waals surface area (Å²) in [6.45, 7) is 7.35. The molecule has 164 valence electrons. The van der Waals surface area contributed by atoms with Crippen molar-refractivity contribution in [1.82, 2.24) is 9.88 Å². The zero-order valence-corrected chi connectivity index (χ0v) is 19.1. The number of hydrogen-bond donors (Lipinski definition) is 1. The third kappa shape index (κ3) is 5.54. The summed E-state index contributed by atoms with van der Waals surface area (Å²) < 4.78 is 12.0. The van der Waals surface area contributed by atoms with Crippen molar-refractivity contribution < 1.29 is 14.3 Å². The Morgan fingerprint density at radius 2 is 1.90 bits per heavy atom. The lowest BCUT2D eigenvalue weighted by molar-refractivity contribution is -0.122. The van der Waals surface area contributed by atoms with Crippen molar-refractivity contribution in [2.24, 2.45) is 5.92 Å². The number of aromatic nitrogens is 1. The number of benzene rings is 2. The summed E-state index contributed by atoms with van der Waals surface area (Å²) in [5.41, 5.74) is 2.19. The van der Waals surface area contributed by atoms with E-state index in [1.54, 1.807) is 38.3 Å². The molecule has 2 heterocycles. The standard InChI is InChI=1S/C24H29N3O3S/c1-16-10-12-27(13-11-16)15-18-4-9-21-22(14-18)31-24(25-21)26-23(28)17(2)30-20-7-5-19(29-3)6-8-20/h4-9,14,16-17H,10-13,15H2,1-3H3,(H,25,26,28). The number of ether oxygens (including phenoxy) is 2. The maximum absolute atomic E-state index is 12.6. The Morgan fingerprint density at radius 1 is 1.19 bits per heavy atom. The zero-order valence-electron chi connectivity index (χ0n) is 18.3. The largest absolute Gasteiger partial charge is 0.497 e. The molecule has 2 aromatic carbocycles. The van der Waals surface area contributed by atoms with Crippen molar-refractivity contribution in [2.75, 3.05) is 25.5 Å². The monoisotopic (exact) mass is 439 g/mol. The summed E-state index contributed by atoms with van der Waals surface area (Å²) >= 11 is 1.50. The van der Waals surface area contributed by atoms with Gasteiger partial charge in [-0.2, -0.15) is 0 Å². The average molecular weight is 440 g/mol. The minimum atomic E-state index is -0.641. The molecule has 0 saturated carbocycles. The number of anilines is 1. The summed E-state index contributed by atoms with van der Waals surface area (Å²) in [6.07, 6.45) is 1.91. The molecule has 4 rings (SSSR count). The lowest BCUT2D eigenvalue weighted by atomic mass is 9.99. The highest BCUT2D eigenvalue weighted by molar-refractivity contribution is 7.22. The molecule has 1 saturated heterocycles. The van der Waals surface area contributed by atoms with Crippen molar-refractivity contribution in [3.63, 3.8) is 0 Å². The van der Waals surface area contributed by atoms with Crippen molar-refractivity contribution in [3.8, 4) is 11.5 Å². The molecule has 1 N–H and O–H groups in total. The van der Waals surface area contributed by atoms with E-state index in [1.165, 1.54) is 29.7 Å². The molecule has 7 heteroatoms. The molecule has 1 aromatic heterocycles. The molecule has 6 nitrogen and oxygen atoms in total. The molecular formula is C24H29N3O3S. The fraction of sp³-hybridized carbons (Fsp3) is 0.417. The molecule has 1 atom stereocenters. The Labute approximate surface area is 187 Å². The fourth-order valence-corrected chi connectivity index (χ4v) is 4.65. The van der Waals surface area contributed by atoms with Crippen molar-refractivity contribution in [1.29, 1.82) is 0 Å². The number of amides is 1. The van der Waals surface area contributed by atoms with Gasteiger partial charge in [0.15, 0.2) is 11.2 Å². The Bertz CT molecular complexity index is 1030. The van der Waals surface area contributed by atoms with Crippen LogP contribution in [0.15, 0.2) is 42.5 Å². The van der Waals surface area contributed by atoms with Gasteiger partial charge in [0, 0.05) is 6.54 Å². The summed E-state index contributed by atoms with van der Waals surface area (Å²) in [6, 6.07) is 13.5. The van der Waals surface area contributed by atoms with E-state index in [2.05, 4.69) is 34.3 Å². The van der Waals surface area contributed by atoms with Crippen LogP contribution in [0, 0.1) is 5.92 Å². The Balaban J connectivity index is 1.36. The molecule has 1 amide bonds. The minimum Gasteiger partial charge on any atom is -0.497 e. The van der Waals surface area contributed by atoms with Crippen LogP contribution in [0.25, 0.3) is 10.2 Å². The van der Waals surface area contributed by atoms with E-state index in [0.29, 0.717) is 10.9 Å². The second-order valence-electron chi connectivity index (χ2n) is 8.20. The molecule has 0 spiro atoms. The van der Waals surface area contributed by atoms with Gasteiger partial charge in [0.2, 0.25) is 0 Å². The smallest absolute Gasteiger partial charge is 0.266 e. The van der Waals surface area contributed by atoms with Crippen LogP contribution in [0.5, 0.6) is 11.5 Å². The first-order valence-corrected chi connectivity index (χ1v) is 11.5. The molecule has 3 aromatic rings. The lowest BCUT2D eigenvalue weighted by Gasteiger charge is -2.30. The number of fused-ring (bicyclic) bond motifs is 1. The second kappa shape index (κ2) is 9.66. The first-order chi connectivity index (χ1) is 15.0. The van der Waals surface area contributed by atoms with Gasteiger partial charge in [-0.15, -0.1) is 0 Å². The van der Waals surface area contributed by atoms with Crippen molar-refractivity contribution >= 4 is 32.6 Å². The van der Waals surface area contributed by atoms with Gasteiger partial charge in [0.05, 0.1) is 17.3 Å².